The van der Waals surface area contributed by atoms with Gasteiger partial charge in [0, 0.05) is 38.7 Å². The van der Waals surface area contributed by atoms with Crippen LogP contribution in [0.3, 0.4) is 0 Å². The number of fused-ring (bicyclic) bond motifs is 1. The molecule has 0 aromatic carbocycles. The molecule has 2 aromatic heterocycles. The van der Waals surface area contributed by atoms with Gasteiger partial charge in [-0.2, -0.15) is 0 Å². The monoisotopic (exact) mass is 304 g/mol. The van der Waals surface area contributed by atoms with E-state index in [-0.39, 0.29) is 5.91 Å². The zero-order valence-corrected chi connectivity index (χ0v) is 13.5. The second-order valence-corrected chi connectivity index (χ2v) is 5.50. The van der Waals surface area contributed by atoms with Crippen LogP contribution in [0.2, 0.25) is 0 Å². The van der Waals surface area contributed by atoms with E-state index in [0.29, 0.717) is 26.2 Å². The van der Waals surface area contributed by atoms with Gasteiger partial charge in [-0.3, -0.25) is 9.69 Å². The summed E-state index contributed by atoms with van der Waals surface area (Å²) in [6.45, 7) is 4.37. The topological polar surface area (TPSA) is 58.9 Å². The molecule has 0 aliphatic heterocycles. The first-order chi connectivity index (χ1) is 10.6. The first-order valence-corrected chi connectivity index (χ1v) is 7.48. The van der Waals surface area contributed by atoms with Crippen molar-refractivity contribution in [1.29, 1.82) is 0 Å². The summed E-state index contributed by atoms with van der Waals surface area (Å²) in [5, 5.41) is 2.88. The van der Waals surface area contributed by atoms with Crippen LogP contribution in [-0.2, 0) is 16.1 Å². The fraction of sp³-hybridized carbons (Fsp3) is 0.500. The summed E-state index contributed by atoms with van der Waals surface area (Å²) in [4.78, 5) is 18.4. The van der Waals surface area contributed by atoms with Gasteiger partial charge in [0.05, 0.1) is 12.2 Å². The molecule has 0 unspecified atom stereocenters. The maximum Gasteiger partial charge on any atom is 0.234 e. The largest absolute Gasteiger partial charge is 0.385 e. The molecule has 0 fully saturated rings. The molecule has 1 N–H and O–H groups in total. The highest BCUT2D eigenvalue weighted by molar-refractivity contribution is 5.77. The number of carbonyl (C=O) groups is 1. The van der Waals surface area contributed by atoms with Crippen molar-refractivity contribution in [2.45, 2.75) is 19.9 Å². The lowest BCUT2D eigenvalue weighted by Gasteiger charge is -2.14. The van der Waals surface area contributed by atoms with E-state index < -0.39 is 0 Å². The molecule has 0 saturated heterocycles. The molecule has 120 valence electrons. The van der Waals surface area contributed by atoms with E-state index in [9.17, 15) is 4.79 Å². The molecule has 0 spiro atoms. The van der Waals surface area contributed by atoms with Crippen LogP contribution in [-0.4, -0.2) is 54.0 Å². The number of pyridine rings is 1. The number of carbonyl (C=O) groups excluding carboxylic acids is 1. The van der Waals surface area contributed by atoms with Crippen molar-refractivity contribution in [3.63, 3.8) is 0 Å². The lowest BCUT2D eigenvalue weighted by atomic mass is 10.4. The quantitative estimate of drug-likeness (QED) is 0.745. The first kappa shape index (κ1) is 16.5. The number of nitrogens with zero attached hydrogens (tertiary/aromatic N) is 3. The second kappa shape index (κ2) is 7.91. The Balaban J connectivity index is 1.84. The molecule has 22 heavy (non-hydrogen) atoms. The van der Waals surface area contributed by atoms with Crippen molar-refractivity contribution in [3.05, 3.63) is 35.8 Å². The van der Waals surface area contributed by atoms with Crippen LogP contribution in [0.25, 0.3) is 5.65 Å². The van der Waals surface area contributed by atoms with Crippen LogP contribution in [0.5, 0.6) is 0 Å². The van der Waals surface area contributed by atoms with Gasteiger partial charge in [-0.25, -0.2) is 4.98 Å². The maximum absolute atomic E-state index is 11.8. The van der Waals surface area contributed by atoms with Crippen LogP contribution < -0.4 is 5.32 Å². The molecule has 1 amide bonds. The number of hydrogen-bond donors (Lipinski definition) is 1. The Labute approximate surface area is 131 Å². The Morgan fingerprint density at radius 1 is 1.45 bits per heavy atom. The second-order valence-electron chi connectivity index (χ2n) is 5.50. The van der Waals surface area contributed by atoms with Gasteiger partial charge < -0.3 is 14.5 Å². The zero-order valence-electron chi connectivity index (χ0n) is 13.5. The standard InChI is InChI=1S/C16H24N4O2/c1-13-6-4-7-15-18-14(11-20(13)15)10-19(2)12-16(21)17-8-5-9-22-3/h4,6-7,11H,5,8-10,12H2,1-3H3,(H,17,21). The molecule has 0 saturated carbocycles. The van der Waals surface area contributed by atoms with E-state index in [1.807, 2.05) is 30.3 Å². The molecular weight excluding hydrogens is 280 g/mol. The summed E-state index contributed by atoms with van der Waals surface area (Å²) in [5.74, 6) is 0.0264. The van der Waals surface area contributed by atoms with E-state index in [0.717, 1.165) is 23.5 Å². The number of aryl methyl sites for hydroxylation is 1. The molecular formula is C16H24N4O2. The van der Waals surface area contributed by atoms with Crippen LogP contribution in [0.1, 0.15) is 17.8 Å². The van der Waals surface area contributed by atoms with Crippen molar-refractivity contribution >= 4 is 11.6 Å². The third-order valence-corrected chi connectivity index (χ3v) is 3.44. The van der Waals surface area contributed by atoms with Gasteiger partial charge >= 0.3 is 0 Å². The van der Waals surface area contributed by atoms with Gasteiger partial charge in [-0.15, -0.1) is 0 Å². The number of likely N-dealkylation sites (N-methyl/N-ethyl adjacent to an activating group) is 1. The van der Waals surface area contributed by atoms with Crippen LogP contribution in [0.15, 0.2) is 24.4 Å². The molecule has 6 heteroatoms. The predicted octanol–water partition coefficient (Wildman–Crippen LogP) is 1.23. The summed E-state index contributed by atoms with van der Waals surface area (Å²) in [6.07, 6.45) is 2.86. The lowest BCUT2D eigenvalue weighted by molar-refractivity contribution is -0.122. The molecule has 0 atom stereocenters. The van der Waals surface area contributed by atoms with Crippen molar-refractivity contribution in [2.75, 3.05) is 33.9 Å². The van der Waals surface area contributed by atoms with Gasteiger partial charge in [0.2, 0.25) is 5.91 Å². The van der Waals surface area contributed by atoms with E-state index >= 15 is 0 Å². The molecule has 0 aliphatic carbocycles. The molecule has 6 nitrogen and oxygen atoms in total. The Hall–Kier alpha value is -1.92. The van der Waals surface area contributed by atoms with E-state index in [4.69, 9.17) is 4.74 Å². The molecule has 0 radical (unpaired) electrons. The molecule has 2 aromatic rings. The third-order valence-electron chi connectivity index (χ3n) is 3.44. The molecule has 2 heterocycles. The van der Waals surface area contributed by atoms with Crippen LogP contribution in [0, 0.1) is 6.92 Å². The summed E-state index contributed by atoms with van der Waals surface area (Å²) >= 11 is 0. The average Bonchev–Trinajstić information content (AvgIpc) is 2.87. The average molecular weight is 304 g/mol. The van der Waals surface area contributed by atoms with Gasteiger partial charge in [0.25, 0.3) is 0 Å². The number of nitrogens with one attached hydrogen (secondary N) is 1. The summed E-state index contributed by atoms with van der Waals surface area (Å²) < 4.78 is 7.01. The highest BCUT2D eigenvalue weighted by atomic mass is 16.5. The SMILES string of the molecule is COCCCNC(=O)CN(C)Cc1cn2c(C)cccc2n1. The summed E-state index contributed by atoms with van der Waals surface area (Å²) in [7, 11) is 3.58. The van der Waals surface area contributed by atoms with Gasteiger partial charge in [-0.05, 0) is 32.5 Å². The number of hydrogen-bond acceptors (Lipinski definition) is 4. The minimum Gasteiger partial charge on any atom is -0.385 e. The van der Waals surface area contributed by atoms with Crippen molar-refractivity contribution in [3.8, 4) is 0 Å². The summed E-state index contributed by atoms with van der Waals surface area (Å²) in [5.41, 5.74) is 3.05. The van der Waals surface area contributed by atoms with Crippen molar-refractivity contribution < 1.29 is 9.53 Å². The highest BCUT2D eigenvalue weighted by Crippen LogP contribution is 2.09. The lowest BCUT2D eigenvalue weighted by Crippen LogP contribution is -2.35. The highest BCUT2D eigenvalue weighted by Gasteiger charge is 2.09. The first-order valence-electron chi connectivity index (χ1n) is 7.48. The predicted molar refractivity (Wildman–Crippen MR) is 85.8 cm³/mol. The summed E-state index contributed by atoms with van der Waals surface area (Å²) in [6, 6.07) is 6.03. The fourth-order valence-electron chi connectivity index (χ4n) is 2.35. The van der Waals surface area contributed by atoms with Crippen molar-refractivity contribution in [2.24, 2.45) is 0 Å². The molecule has 0 aliphatic rings. The van der Waals surface area contributed by atoms with Gasteiger partial charge in [0.1, 0.15) is 5.65 Å². The normalized spacial score (nSPS) is 11.3. The minimum atomic E-state index is 0.0264. The van der Waals surface area contributed by atoms with Crippen LogP contribution >= 0.6 is 0 Å². The number of amides is 1. The smallest absolute Gasteiger partial charge is 0.234 e. The maximum atomic E-state index is 11.8. The Kier molecular flexibility index (Phi) is 5.91. The van der Waals surface area contributed by atoms with E-state index in [1.54, 1.807) is 7.11 Å². The van der Waals surface area contributed by atoms with E-state index in [1.165, 1.54) is 0 Å². The number of imidazole rings is 1. The Morgan fingerprint density at radius 2 is 2.27 bits per heavy atom. The van der Waals surface area contributed by atoms with E-state index in [2.05, 4.69) is 27.7 Å². The third kappa shape index (κ3) is 4.54. The fourth-order valence-corrected chi connectivity index (χ4v) is 2.35. The molecule has 2 rings (SSSR count). The van der Waals surface area contributed by atoms with Crippen LogP contribution in [0.4, 0.5) is 0 Å². The zero-order chi connectivity index (χ0) is 15.9. The Morgan fingerprint density at radius 3 is 3.00 bits per heavy atom. The van der Waals surface area contributed by atoms with Crippen molar-refractivity contribution in [1.82, 2.24) is 19.6 Å². The molecule has 0 bridgehead atoms. The van der Waals surface area contributed by atoms with Gasteiger partial charge in [0.15, 0.2) is 0 Å². The number of ether oxygens (including phenoxy) is 1. The minimum absolute atomic E-state index is 0.0264. The number of methoxy groups -OCH3 is 1. The number of rotatable bonds is 8. The number of aromatic nitrogens is 2. The Bertz CT molecular complexity index is 624. The van der Waals surface area contributed by atoms with Gasteiger partial charge in [-0.1, -0.05) is 6.07 Å².